The number of nitrogens with zero attached hydrogens (tertiary/aromatic N) is 3. The monoisotopic (exact) mass is 546 g/mol. The third kappa shape index (κ3) is 4.90. The lowest BCUT2D eigenvalue weighted by atomic mass is 9.81. The van der Waals surface area contributed by atoms with Crippen molar-refractivity contribution >= 4 is 28.6 Å². The minimum absolute atomic E-state index is 0.377. The van der Waals surface area contributed by atoms with E-state index < -0.39 is 23.2 Å². The molecule has 3 aliphatic rings. The number of carbonyl (C=O) groups is 1. The van der Waals surface area contributed by atoms with Gasteiger partial charge in [-0.25, -0.2) is 19.8 Å². The maximum atomic E-state index is 14.7. The van der Waals surface area contributed by atoms with Crippen LogP contribution in [0.2, 0.25) is 0 Å². The molecule has 0 saturated carbocycles. The van der Waals surface area contributed by atoms with E-state index in [2.05, 4.69) is 27.4 Å². The quantitative estimate of drug-likeness (QED) is 0.390. The molecule has 0 fully saturated rings. The van der Waals surface area contributed by atoms with Gasteiger partial charge in [0, 0.05) is 34.8 Å². The van der Waals surface area contributed by atoms with Gasteiger partial charge in [0.2, 0.25) is 11.8 Å². The summed E-state index contributed by atoms with van der Waals surface area (Å²) in [4.78, 5) is 26.1. The Labute approximate surface area is 229 Å². The van der Waals surface area contributed by atoms with Crippen LogP contribution in [0, 0.1) is 5.95 Å². The molecule has 10 heteroatoms. The van der Waals surface area contributed by atoms with Crippen LogP contribution in [0.25, 0.3) is 16.7 Å². The van der Waals surface area contributed by atoms with Crippen molar-refractivity contribution in [1.82, 2.24) is 15.3 Å². The number of alkyl carbamates (subject to hydrolysis) is 1. The average Bonchev–Trinajstić information content (AvgIpc) is 3.32. The Kier molecular flexibility index (Phi) is 6.39. The molecule has 2 aromatic heterocycles. The molecule has 0 saturated heterocycles. The van der Waals surface area contributed by atoms with Crippen LogP contribution in [0.1, 0.15) is 43.9 Å². The zero-order valence-electron chi connectivity index (χ0n) is 21.8. The number of aliphatic imine (C=N–C) groups is 1. The van der Waals surface area contributed by atoms with Gasteiger partial charge in [-0.05, 0) is 74.2 Å². The molecule has 39 heavy (non-hydrogen) atoms. The summed E-state index contributed by atoms with van der Waals surface area (Å²) < 4.78 is 31.9. The fourth-order valence-corrected chi connectivity index (χ4v) is 5.99. The van der Waals surface area contributed by atoms with Gasteiger partial charge in [-0.15, -0.1) is 0 Å². The van der Waals surface area contributed by atoms with E-state index in [1.807, 2.05) is 6.07 Å². The van der Waals surface area contributed by atoms with Crippen LogP contribution in [-0.4, -0.2) is 45.8 Å². The minimum atomic E-state index is -0.929. The number of hydrogen-bond acceptors (Lipinski definition) is 8. The summed E-state index contributed by atoms with van der Waals surface area (Å²) in [5.74, 6) is 0.940. The van der Waals surface area contributed by atoms with Crippen LogP contribution < -0.4 is 10.1 Å². The summed E-state index contributed by atoms with van der Waals surface area (Å²) in [6.07, 6.45) is 5.48. The van der Waals surface area contributed by atoms with Crippen molar-refractivity contribution in [2.45, 2.75) is 38.3 Å². The van der Waals surface area contributed by atoms with E-state index >= 15 is 0 Å². The van der Waals surface area contributed by atoms with Crippen molar-refractivity contribution in [3.63, 3.8) is 0 Å². The van der Waals surface area contributed by atoms with E-state index in [-0.39, 0.29) is 0 Å². The maximum Gasteiger partial charge on any atom is 0.413 e. The Hall–Kier alpha value is -3.76. The Balaban J connectivity index is 1.48. The SMILES string of the molecule is CC(C)(C)OC(=O)NC1=NC2(CS1)c1cc(-c3cccnc3F)ccc1Oc1ncc(C3=CCOCC3)cc12. The van der Waals surface area contributed by atoms with E-state index in [1.165, 1.54) is 18.0 Å². The van der Waals surface area contributed by atoms with Crippen molar-refractivity contribution in [2.75, 3.05) is 19.0 Å². The Morgan fingerprint density at radius 1 is 1.15 bits per heavy atom. The van der Waals surface area contributed by atoms with Crippen molar-refractivity contribution in [1.29, 1.82) is 0 Å². The predicted octanol–water partition coefficient (Wildman–Crippen LogP) is 6.06. The van der Waals surface area contributed by atoms with Gasteiger partial charge >= 0.3 is 6.09 Å². The number of rotatable bonds is 2. The lowest BCUT2D eigenvalue weighted by molar-refractivity contribution is 0.0564. The van der Waals surface area contributed by atoms with E-state index in [0.29, 0.717) is 46.9 Å². The first kappa shape index (κ1) is 25.5. The Morgan fingerprint density at radius 2 is 2.00 bits per heavy atom. The molecular formula is C29H27FN4O4S. The van der Waals surface area contributed by atoms with Gasteiger partial charge in [-0.1, -0.05) is 23.9 Å². The van der Waals surface area contributed by atoms with Crippen LogP contribution in [0.3, 0.4) is 0 Å². The van der Waals surface area contributed by atoms with E-state index in [9.17, 15) is 9.18 Å². The minimum Gasteiger partial charge on any atom is -0.444 e. The fraction of sp³-hybridized carbons (Fsp3) is 0.310. The second-order valence-electron chi connectivity index (χ2n) is 10.5. The number of carbonyl (C=O) groups excluding carboxylic acids is 1. The van der Waals surface area contributed by atoms with E-state index in [1.54, 1.807) is 51.2 Å². The highest BCUT2D eigenvalue weighted by Crippen LogP contribution is 2.53. The molecule has 8 nitrogen and oxygen atoms in total. The number of thioether (sulfide) groups is 1. The Bertz CT molecular complexity index is 1530. The molecule has 0 bridgehead atoms. The number of amides is 1. The van der Waals surface area contributed by atoms with Crippen molar-refractivity contribution < 1.29 is 23.4 Å². The molecule has 1 atom stereocenters. The fourth-order valence-electron chi connectivity index (χ4n) is 4.90. The van der Waals surface area contributed by atoms with Crippen LogP contribution in [0.4, 0.5) is 9.18 Å². The number of nitrogens with one attached hydrogen (secondary N) is 1. The molecule has 0 aliphatic carbocycles. The highest BCUT2D eigenvalue weighted by Gasteiger charge is 2.47. The largest absolute Gasteiger partial charge is 0.444 e. The van der Waals surface area contributed by atoms with Crippen molar-refractivity contribution in [3.8, 4) is 22.8 Å². The van der Waals surface area contributed by atoms with E-state index in [4.69, 9.17) is 19.2 Å². The molecule has 0 radical (unpaired) electrons. The highest BCUT2D eigenvalue weighted by atomic mass is 32.2. The lowest BCUT2D eigenvalue weighted by Crippen LogP contribution is -2.35. The van der Waals surface area contributed by atoms with Crippen molar-refractivity contribution in [3.05, 3.63) is 77.5 Å². The standard InChI is InChI=1S/C29H27FN4O4S/c1-28(2,3)38-27(35)33-26-34-29(16-39-26)21-13-18(20-5-4-10-31-24(20)30)6-7-23(21)37-25-22(29)14-19(15-32-25)17-8-11-36-12-9-17/h4-8,10,13-15H,9,11-12,16H2,1-3H3,(H,33,34,35). The molecule has 1 spiro atoms. The molecule has 5 heterocycles. The van der Waals surface area contributed by atoms with Gasteiger partial charge in [0.05, 0.1) is 13.2 Å². The number of pyridine rings is 2. The van der Waals surface area contributed by atoms with Crippen LogP contribution in [0.15, 0.2) is 59.9 Å². The van der Waals surface area contributed by atoms with Crippen LogP contribution in [0.5, 0.6) is 11.6 Å². The summed E-state index contributed by atoms with van der Waals surface area (Å²) >= 11 is 1.41. The number of hydrogen-bond donors (Lipinski definition) is 1. The number of aromatic nitrogens is 2. The van der Waals surface area contributed by atoms with Gasteiger partial charge in [0.1, 0.15) is 16.9 Å². The average molecular weight is 547 g/mol. The highest BCUT2D eigenvalue weighted by molar-refractivity contribution is 8.14. The number of fused-ring (bicyclic) bond motifs is 4. The molecule has 200 valence electrons. The van der Waals surface area contributed by atoms with Crippen molar-refractivity contribution in [2.24, 2.45) is 4.99 Å². The zero-order valence-corrected chi connectivity index (χ0v) is 22.6. The summed E-state index contributed by atoms with van der Waals surface area (Å²) in [5.41, 5.74) is 3.08. The molecule has 1 N–H and O–H groups in total. The third-order valence-corrected chi connectivity index (χ3v) is 7.68. The topological polar surface area (TPSA) is 94.9 Å². The van der Waals surface area contributed by atoms with Gasteiger partial charge in [-0.3, -0.25) is 5.32 Å². The van der Waals surface area contributed by atoms with Crippen LogP contribution in [-0.2, 0) is 15.0 Å². The van der Waals surface area contributed by atoms with Gasteiger partial charge in [-0.2, -0.15) is 4.39 Å². The molecule has 6 rings (SSSR count). The van der Waals surface area contributed by atoms with Gasteiger partial charge in [0.15, 0.2) is 5.17 Å². The first-order valence-electron chi connectivity index (χ1n) is 12.7. The third-order valence-electron chi connectivity index (χ3n) is 6.65. The van der Waals surface area contributed by atoms with Gasteiger partial charge < -0.3 is 14.2 Å². The molecule has 1 amide bonds. The maximum absolute atomic E-state index is 14.7. The molecular weight excluding hydrogens is 519 g/mol. The van der Waals surface area contributed by atoms with Crippen LogP contribution >= 0.6 is 11.8 Å². The number of amidine groups is 1. The first-order valence-corrected chi connectivity index (χ1v) is 13.6. The number of ether oxygens (including phenoxy) is 3. The Morgan fingerprint density at radius 3 is 2.77 bits per heavy atom. The summed E-state index contributed by atoms with van der Waals surface area (Å²) in [6.45, 7) is 6.61. The summed E-state index contributed by atoms with van der Waals surface area (Å²) in [6, 6.07) is 10.9. The summed E-state index contributed by atoms with van der Waals surface area (Å²) in [5, 5.41) is 3.22. The lowest BCUT2D eigenvalue weighted by Gasteiger charge is -2.34. The zero-order chi connectivity index (χ0) is 27.2. The second kappa shape index (κ2) is 9.77. The second-order valence-corrected chi connectivity index (χ2v) is 11.4. The normalized spacial score (nSPS) is 19.9. The van der Waals surface area contributed by atoms with Gasteiger partial charge in [0.25, 0.3) is 0 Å². The predicted molar refractivity (Wildman–Crippen MR) is 147 cm³/mol. The molecule has 1 aromatic carbocycles. The summed E-state index contributed by atoms with van der Waals surface area (Å²) in [7, 11) is 0. The molecule has 1 unspecified atom stereocenters. The first-order chi connectivity index (χ1) is 18.7. The number of halogens is 1. The molecule has 3 aromatic rings. The van der Waals surface area contributed by atoms with E-state index in [0.717, 1.165) is 28.7 Å². The molecule has 3 aliphatic heterocycles. The smallest absolute Gasteiger partial charge is 0.413 e. The number of benzene rings is 1.